The van der Waals surface area contributed by atoms with Crippen molar-refractivity contribution >= 4 is 21.6 Å². The van der Waals surface area contributed by atoms with Gasteiger partial charge in [0.05, 0.1) is 0 Å². The van der Waals surface area contributed by atoms with Gasteiger partial charge in [-0.05, 0) is 42.4 Å². The smallest absolute Gasteiger partial charge is 0.0337 e. The molecule has 0 aromatic heterocycles. The van der Waals surface area contributed by atoms with Crippen LogP contribution >= 0.6 is 15.9 Å². The summed E-state index contributed by atoms with van der Waals surface area (Å²) in [4.78, 5) is 2.32. The Labute approximate surface area is 123 Å². The van der Waals surface area contributed by atoms with Crippen LogP contribution in [0.15, 0.2) is 53.0 Å². The standard InChI is InChI=1S/C16H19BrN2/c1-18-16-9-5-14(6-10-16)12-19(2)11-13-3-7-15(17)8-4-13/h3-10,18H,11-12H2,1-2H3. The number of nitrogens with zero attached hydrogens (tertiary/aromatic N) is 1. The molecule has 3 heteroatoms. The van der Waals surface area contributed by atoms with Crippen molar-refractivity contribution in [3.63, 3.8) is 0 Å². The van der Waals surface area contributed by atoms with E-state index in [-0.39, 0.29) is 0 Å². The van der Waals surface area contributed by atoms with E-state index in [1.54, 1.807) is 0 Å². The van der Waals surface area contributed by atoms with Gasteiger partial charge in [-0.3, -0.25) is 4.90 Å². The predicted octanol–water partition coefficient (Wildman–Crippen LogP) is 4.12. The average Bonchev–Trinajstić information content (AvgIpc) is 2.42. The van der Waals surface area contributed by atoms with E-state index >= 15 is 0 Å². The van der Waals surface area contributed by atoms with Crippen LogP contribution in [0.2, 0.25) is 0 Å². The molecular weight excluding hydrogens is 300 g/mol. The average molecular weight is 319 g/mol. The van der Waals surface area contributed by atoms with E-state index in [1.807, 2.05) is 7.05 Å². The molecule has 0 aliphatic heterocycles. The fraction of sp³-hybridized carbons (Fsp3) is 0.250. The maximum absolute atomic E-state index is 3.46. The summed E-state index contributed by atoms with van der Waals surface area (Å²) in [6.07, 6.45) is 0. The normalized spacial score (nSPS) is 10.7. The zero-order chi connectivity index (χ0) is 13.7. The Hall–Kier alpha value is -1.32. The number of hydrogen-bond acceptors (Lipinski definition) is 2. The number of halogens is 1. The van der Waals surface area contributed by atoms with Crippen molar-refractivity contribution in [1.29, 1.82) is 0 Å². The summed E-state index contributed by atoms with van der Waals surface area (Å²) in [7, 11) is 4.09. The summed E-state index contributed by atoms with van der Waals surface area (Å²) >= 11 is 3.46. The largest absolute Gasteiger partial charge is 0.388 e. The molecule has 1 N–H and O–H groups in total. The van der Waals surface area contributed by atoms with Crippen molar-refractivity contribution in [2.45, 2.75) is 13.1 Å². The molecule has 0 amide bonds. The summed E-state index contributed by atoms with van der Waals surface area (Å²) in [5.74, 6) is 0. The van der Waals surface area contributed by atoms with Crippen molar-refractivity contribution in [2.75, 3.05) is 19.4 Å². The van der Waals surface area contributed by atoms with Crippen LogP contribution < -0.4 is 5.32 Å². The predicted molar refractivity (Wildman–Crippen MR) is 85.3 cm³/mol. The van der Waals surface area contributed by atoms with E-state index in [0.717, 1.165) is 23.2 Å². The van der Waals surface area contributed by atoms with Crippen molar-refractivity contribution in [1.82, 2.24) is 4.90 Å². The van der Waals surface area contributed by atoms with Gasteiger partial charge < -0.3 is 5.32 Å². The molecule has 0 heterocycles. The Kier molecular flexibility index (Phi) is 5.00. The minimum absolute atomic E-state index is 0.958. The van der Waals surface area contributed by atoms with E-state index in [1.165, 1.54) is 11.1 Å². The SMILES string of the molecule is CNc1ccc(CN(C)Cc2ccc(Br)cc2)cc1. The van der Waals surface area contributed by atoms with Gasteiger partial charge in [-0.15, -0.1) is 0 Å². The van der Waals surface area contributed by atoms with Gasteiger partial charge in [0.25, 0.3) is 0 Å². The van der Waals surface area contributed by atoms with Crippen LogP contribution in [-0.4, -0.2) is 19.0 Å². The number of hydrogen-bond donors (Lipinski definition) is 1. The molecule has 19 heavy (non-hydrogen) atoms. The molecule has 0 aliphatic carbocycles. The molecule has 0 spiro atoms. The first-order valence-corrected chi connectivity index (χ1v) is 7.16. The minimum atomic E-state index is 0.958. The highest BCUT2D eigenvalue weighted by atomic mass is 79.9. The molecule has 0 saturated carbocycles. The van der Waals surface area contributed by atoms with E-state index in [0.29, 0.717) is 0 Å². The minimum Gasteiger partial charge on any atom is -0.388 e. The van der Waals surface area contributed by atoms with E-state index in [9.17, 15) is 0 Å². The quantitative estimate of drug-likeness (QED) is 0.892. The monoisotopic (exact) mass is 318 g/mol. The highest BCUT2D eigenvalue weighted by Crippen LogP contribution is 2.14. The molecule has 0 unspecified atom stereocenters. The second-order valence-corrected chi connectivity index (χ2v) is 5.66. The number of benzene rings is 2. The summed E-state index contributed by atoms with van der Waals surface area (Å²) < 4.78 is 1.13. The number of rotatable bonds is 5. The summed E-state index contributed by atoms with van der Waals surface area (Å²) in [6, 6.07) is 17.1. The first-order chi connectivity index (χ1) is 9.17. The fourth-order valence-electron chi connectivity index (χ4n) is 2.05. The Balaban J connectivity index is 1.92. The third kappa shape index (κ3) is 4.37. The lowest BCUT2D eigenvalue weighted by Crippen LogP contribution is -2.17. The second kappa shape index (κ2) is 6.73. The summed E-state index contributed by atoms with van der Waals surface area (Å²) in [6.45, 7) is 1.92. The fourth-order valence-corrected chi connectivity index (χ4v) is 2.31. The van der Waals surface area contributed by atoms with Gasteiger partial charge in [0.2, 0.25) is 0 Å². The molecule has 2 nitrogen and oxygen atoms in total. The molecule has 100 valence electrons. The molecule has 2 rings (SSSR count). The lowest BCUT2D eigenvalue weighted by atomic mass is 10.1. The highest BCUT2D eigenvalue weighted by molar-refractivity contribution is 9.10. The first-order valence-electron chi connectivity index (χ1n) is 6.37. The van der Waals surface area contributed by atoms with Crippen molar-refractivity contribution in [3.05, 3.63) is 64.1 Å². The van der Waals surface area contributed by atoms with E-state index in [4.69, 9.17) is 0 Å². The van der Waals surface area contributed by atoms with Crippen LogP contribution in [0.5, 0.6) is 0 Å². The third-order valence-corrected chi connectivity index (χ3v) is 3.59. The maximum atomic E-state index is 3.46. The second-order valence-electron chi connectivity index (χ2n) is 4.75. The Morgan fingerprint density at radius 3 is 1.84 bits per heavy atom. The number of anilines is 1. The summed E-state index contributed by atoms with van der Waals surface area (Å²) in [5, 5.41) is 3.13. The lowest BCUT2D eigenvalue weighted by Gasteiger charge is -2.17. The zero-order valence-corrected chi connectivity index (χ0v) is 12.9. The van der Waals surface area contributed by atoms with Gasteiger partial charge >= 0.3 is 0 Å². The van der Waals surface area contributed by atoms with Crippen LogP contribution in [0.4, 0.5) is 5.69 Å². The van der Waals surface area contributed by atoms with Gasteiger partial charge in [0.1, 0.15) is 0 Å². The topological polar surface area (TPSA) is 15.3 Å². The first kappa shape index (κ1) is 14.1. The van der Waals surface area contributed by atoms with Gasteiger partial charge in [-0.1, -0.05) is 40.2 Å². The van der Waals surface area contributed by atoms with Gasteiger partial charge in [-0.25, -0.2) is 0 Å². The van der Waals surface area contributed by atoms with Gasteiger partial charge in [-0.2, -0.15) is 0 Å². The third-order valence-electron chi connectivity index (χ3n) is 3.06. The Bertz CT molecular complexity index is 505. The molecule has 0 fully saturated rings. The molecule has 2 aromatic carbocycles. The maximum Gasteiger partial charge on any atom is 0.0337 e. The van der Waals surface area contributed by atoms with Crippen LogP contribution in [0, 0.1) is 0 Å². The van der Waals surface area contributed by atoms with Gasteiger partial charge in [0.15, 0.2) is 0 Å². The van der Waals surface area contributed by atoms with Crippen LogP contribution in [-0.2, 0) is 13.1 Å². The van der Waals surface area contributed by atoms with Gasteiger partial charge in [0, 0.05) is 30.3 Å². The molecule has 0 atom stereocenters. The molecular formula is C16H19BrN2. The highest BCUT2D eigenvalue weighted by Gasteiger charge is 2.02. The zero-order valence-electron chi connectivity index (χ0n) is 11.4. The molecule has 0 saturated heterocycles. The molecule has 0 bridgehead atoms. The Morgan fingerprint density at radius 1 is 0.895 bits per heavy atom. The van der Waals surface area contributed by atoms with E-state index in [2.05, 4.69) is 81.7 Å². The van der Waals surface area contributed by atoms with Crippen molar-refractivity contribution in [2.24, 2.45) is 0 Å². The molecule has 0 aliphatic rings. The van der Waals surface area contributed by atoms with Crippen LogP contribution in [0.1, 0.15) is 11.1 Å². The van der Waals surface area contributed by atoms with E-state index < -0.39 is 0 Å². The lowest BCUT2D eigenvalue weighted by molar-refractivity contribution is 0.319. The summed E-state index contributed by atoms with van der Waals surface area (Å²) in [5.41, 5.74) is 3.82. The molecule has 0 radical (unpaired) electrons. The van der Waals surface area contributed by atoms with Crippen LogP contribution in [0.3, 0.4) is 0 Å². The number of nitrogens with one attached hydrogen (secondary N) is 1. The van der Waals surface area contributed by atoms with Crippen molar-refractivity contribution in [3.8, 4) is 0 Å². The van der Waals surface area contributed by atoms with Crippen molar-refractivity contribution < 1.29 is 0 Å². The Morgan fingerprint density at radius 2 is 1.37 bits per heavy atom. The molecule has 2 aromatic rings. The van der Waals surface area contributed by atoms with Crippen LogP contribution in [0.25, 0.3) is 0 Å².